The molecule has 1 aromatic carbocycles. The van der Waals surface area contributed by atoms with E-state index in [0.29, 0.717) is 0 Å². The lowest BCUT2D eigenvalue weighted by Gasteiger charge is -2.20. The van der Waals surface area contributed by atoms with Crippen LogP contribution in [-0.4, -0.2) is 75.5 Å². The van der Waals surface area contributed by atoms with E-state index in [4.69, 9.17) is 40.8 Å². The first-order valence-corrected chi connectivity index (χ1v) is 11.9. The molecule has 2 unspecified atom stereocenters. The number of rotatable bonds is 12. The van der Waals surface area contributed by atoms with Crippen molar-refractivity contribution in [1.82, 2.24) is 0 Å². The van der Waals surface area contributed by atoms with E-state index in [2.05, 4.69) is 18.1 Å². The highest BCUT2D eigenvalue weighted by molar-refractivity contribution is 8.15. The van der Waals surface area contributed by atoms with E-state index in [1.54, 1.807) is 12.1 Å². The molecular formula is C18H18N4O12S2. The van der Waals surface area contributed by atoms with Gasteiger partial charge in [0.1, 0.15) is 36.9 Å². The van der Waals surface area contributed by atoms with Gasteiger partial charge in [0.15, 0.2) is 0 Å². The van der Waals surface area contributed by atoms with Crippen molar-refractivity contribution < 1.29 is 54.7 Å². The Morgan fingerprint density at radius 3 is 1.53 bits per heavy atom. The van der Waals surface area contributed by atoms with Crippen LogP contribution in [0.5, 0.6) is 11.5 Å². The lowest BCUT2D eigenvalue weighted by molar-refractivity contribution is 0.0512. The molecule has 194 valence electrons. The molecule has 0 heterocycles. The Labute approximate surface area is 206 Å². The van der Waals surface area contributed by atoms with E-state index in [1.165, 1.54) is 0 Å². The lowest BCUT2D eigenvalue weighted by Crippen LogP contribution is -2.29. The smallest absolute Gasteiger partial charge is 0.397 e. The van der Waals surface area contributed by atoms with Crippen LogP contribution < -0.4 is 19.9 Å². The van der Waals surface area contributed by atoms with Crippen LogP contribution in [-0.2, 0) is 18.8 Å². The molecule has 0 amide bonds. The Morgan fingerprint density at radius 2 is 1.22 bits per heavy atom. The van der Waals surface area contributed by atoms with Crippen molar-refractivity contribution in [2.75, 3.05) is 26.4 Å². The molecule has 0 radical (unpaired) electrons. The van der Waals surface area contributed by atoms with E-state index in [0.717, 1.165) is 12.1 Å². The number of ether oxygens (including phenoxy) is 2. The highest BCUT2D eigenvalue weighted by Gasteiger charge is 2.18. The van der Waals surface area contributed by atoms with Crippen molar-refractivity contribution in [3.05, 3.63) is 45.4 Å². The second kappa shape index (κ2) is 13.6. The van der Waals surface area contributed by atoms with Crippen LogP contribution in [0.25, 0.3) is 21.1 Å². The molecule has 0 aromatic heterocycles. The summed E-state index contributed by atoms with van der Waals surface area (Å²) < 4.78 is 75.1. The number of nitrogens with zero attached hydrogens (tertiary/aromatic N) is 4. The highest BCUT2D eigenvalue weighted by atomic mass is 32.3. The summed E-state index contributed by atoms with van der Waals surface area (Å²) in [5.74, 6) is -0.587. The average Bonchev–Trinajstić information content (AvgIpc) is 2.80. The zero-order chi connectivity index (χ0) is 27.5. The summed E-state index contributed by atoms with van der Waals surface area (Å²) in [5, 5.41) is 37.8. The van der Waals surface area contributed by atoms with Gasteiger partial charge in [0.25, 0.3) is 11.4 Å². The topological polar surface area (TPSA) is 249 Å². The van der Waals surface area contributed by atoms with Gasteiger partial charge in [0.05, 0.1) is 38.5 Å². The predicted molar refractivity (Wildman–Crippen MR) is 119 cm³/mol. The van der Waals surface area contributed by atoms with Gasteiger partial charge < -0.3 is 19.7 Å². The minimum absolute atomic E-state index is 0.225. The summed E-state index contributed by atoms with van der Waals surface area (Å²) in [5.41, 5.74) is -1.10. The average molecular weight is 546 g/mol. The monoisotopic (exact) mass is 546 g/mol. The molecule has 1 rings (SSSR count). The van der Waals surface area contributed by atoms with Crippen LogP contribution in [0.1, 0.15) is 0 Å². The zero-order valence-corrected chi connectivity index (χ0v) is 19.5. The van der Waals surface area contributed by atoms with Crippen LogP contribution in [0, 0.1) is 35.8 Å². The Hall–Kier alpha value is -3.50. The Bertz CT molecular complexity index is 1320. The van der Waals surface area contributed by atoms with Gasteiger partial charge in [-0.05, 0) is 12.1 Å². The molecule has 0 aliphatic rings. The van der Waals surface area contributed by atoms with Crippen LogP contribution in [0.4, 0.5) is 0 Å². The molecule has 0 fully saturated rings. The summed E-state index contributed by atoms with van der Waals surface area (Å²) in [7, 11) is -4.85. The number of hydrogen-bond donors (Lipinski definition) is 6. The zero-order valence-electron chi connectivity index (χ0n) is 17.9. The number of aliphatic hydroxyl groups excluding tert-OH is 2. The molecule has 0 spiro atoms. The van der Waals surface area contributed by atoms with Crippen LogP contribution in [0.2, 0.25) is 0 Å². The SMILES string of the molecule is [C-]#[N+]C(C#N)=c1cc(OCC(O)COS(=O)(=O)O)c(=C(C#N)[N+]#[C-])cc1OCC(O)COS(O)(O)O. The van der Waals surface area contributed by atoms with Gasteiger partial charge in [-0.25, -0.2) is 24.4 Å². The van der Waals surface area contributed by atoms with Crippen molar-refractivity contribution in [2.45, 2.75) is 12.2 Å². The minimum Gasteiger partial charge on any atom is -0.492 e. The van der Waals surface area contributed by atoms with Crippen molar-refractivity contribution in [2.24, 2.45) is 0 Å². The van der Waals surface area contributed by atoms with Gasteiger partial charge >= 0.3 is 10.4 Å². The van der Waals surface area contributed by atoms with Gasteiger partial charge in [-0.2, -0.15) is 8.42 Å². The molecule has 1 aromatic rings. The highest BCUT2D eigenvalue weighted by Crippen LogP contribution is 2.33. The first kappa shape index (κ1) is 30.5. The fraction of sp³-hybridized carbons (Fsp3) is 0.333. The normalized spacial score (nSPS) is 15.2. The molecule has 6 N–H and O–H groups in total. The van der Waals surface area contributed by atoms with E-state index < -0.39 is 71.6 Å². The molecule has 0 saturated carbocycles. The number of benzene rings is 1. The van der Waals surface area contributed by atoms with E-state index in [1.807, 2.05) is 0 Å². The summed E-state index contributed by atoms with van der Waals surface area (Å²) >= 11 is -4.36. The molecule has 0 aliphatic heterocycles. The third-order valence-corrected chi connectivity index (χ3v) is 4.60. The molecule has 16 nitrogen and oxygen atoms in total. The van der Waals surface area contributed by atoms with Gasteiger partial charge in [0.2, 0.25) is 11.2 Å². The minimum atomic E-state index is -4.85. The fourth-order valence-electron chi connectivity index (χ4n) is 2.26. The standard InChI is InChI=1S/C18H18N4O12S2/c1-21-15(5-19)13-3-18(32-8-12(24)10-34-36(28,29)30)14(16(6-20)22-2)4-17(13)31-7-11(23)9-33-35(25,26)27/h3-4,11-12,23-27H,7-10H2,(H,28,29,30). The quantitative estimate of drug-likeness (QED) is 0.139. The van der Waals surface area contributed by atoms with Crippen LogP contribution in [0.15, 0.2) is 12.1 Å². The first-order chi connectivity index (χ1) is 16.7. The van der Waals surface area contributed by atoms with Gasteiger partial charge in [-0.15, -0.1) is 0 Å². The van der Waals surface area contributed by atoms with E-state index >= 15 is 0 Å². The second-order valence-electron chi connectivity index (χ2n) is 6.38. The lowest BCUT2D eigenvalue weighted by atomic mass is 10.1. The van der Waals surface area contributed by atoms with Gasteiger partial charge in [0, 0.05) is 10.4 Å². The molecule has 0 bridgehead atoms. The van der Waals surface area contributed by atoms with Crippen molar-refractivity contribution in [1.29, 1.82) is 10.5 Å². The Kier molecular flexibility index (Phi) is 11.5. The van der Waals surface area contributed by atoms with Crippen molar-refractivity contribution in [3.63, 3.8) is 0 Å². The maximum absolute atomic E-state index is 10.6. The third-order valence-electron chi connectivity index (χ3n) is 3.72. The third kappa shape index (κ3) is 10.4. The molecule has 36 heavy (non-hydrogen) atoms. The van der Waals surface area contributed by atoms with Crippen LogP contribution in [0.3, 0.4) is 0 Å². The summed E-state index contributed by atoms with van der Waals surface area (Å²) in [4.78, 5) is 6.06. The van der Waals surface area contributed by atoms with Crippen molar-refractivity contribution >= 4 is 32.9 Å². The van der Waals surface area contributed by atoms with E-state index in [9.17, 15) is 29.2 Å². The Morgan fingerprint density at radius 1 is 0.833 bits per heavy atom. The summed E-state index contributed by atoms with van der Waals surface area (Å²) in [6.45, 7) is 11.4. The maximum atomic E-state index is 10.6. The number of hydrogen-bond acceptors (Lipinski definition) is 13. The number of aliphatic hydroxyl groups is 2. The summed E-state index contributed by atoms with van der Waals surface area (Å²) in [6.07, 6.45) is -3.17. The number of nitriles is 2. The fourth-order valence-corrected chi connectivity index (χ4v) is 2.93. The first-order valence-electron chi connectivity index (χ1n) is 9.11. The molecule has 0 saturated heterocycles. The van der Waals surface area contributed by atoms with Gasteiger partial charge in [-0.3, -0.25) is 22.4 Å². The molecular weight excluding hydrogens is 528 g/mol. The van der Waals surface area contributed by atoms with E-state index in [-0.39, 0.29) is 21.9 Å². The Balaban J connectivity index is 3.47. The van der Waals surface area contributed by atoms with Crippen molar-refractivity contribution in [3.8, 4) is 23.6 Å². The second-order valence-corrected chi connectivity index (χ2v) is 8.65. The maximum Gasteiger partial charge on any atom is 0.397 e. The van der Waals surface area contributed by atoms with Gasteiger partial charge in [-0.1, -0.05) is 0 Å². The predicted octanol–water partition coefficient (Wildman–Crippen LogP) is -0.757. The van der Waals surface area contributed by atoms with Crippen LogP contribution >= 0.6 is 11.2 Å². The summed E-state index contributed by atoms with van der Waals surface area (Å²) in [6, 6.07) is 5.23. The molecule has 18 heteroatoms. The molecule has 2 atom stereocenters. The molecule has 0 aliphatic carbocycles. The largest absolute Gasteiger partial charge is 0.492 e.